The molecule has 0 saturated carbocycles. The number of fused-ring (bicyclic) bond motifs is 1. The van der Waals surface area contributed by atoms with E-state index < -0.39 is 10.0 Å². The summed E-state index contributed by atoms with van der Waals surface area (Å²) in [6.45, 7) is 4.63. The molecule has 1 saturated heterocycles. The van der Waals surface area contributed by atoms with Gasteiger partial charge in [0.15, 0.2) is 11.5 Å². The number of ether oxygens (including phenoxy) is 2. The third kappa shape index (κ3) is 3.90. The molecule has 0 spiro atoms. The van der Waals surface area contributed by atoms with Crippen LogP contribution >= 0.6 is 0 Å². The molecule has 2 aliphatic rings. The minimum Gasteiger partial charge on any atom is -0.490 e. The quantitative estimate of drug-likeness (QED) is 0.808. The zero-order chi connectivity index (χ0) is 17.9. The number of benzene rings is 1. The van der Waals surface area contributed by atoms with Crippen molar-refractivity contribution in [3.63, 3.8) is 0 Å². The van der Waals surface area contributed by atoms with Gasteiger partial charge in [0.1, 0.15) is 0 Å². The molecule has 7 nitrogen and oxygen atoms in total. The molecule has 0 aliphatic carbocycles. The van der Waals surface area contributed by atoms with Gasteiger partial charge < -0.3 is 14.4 Å². The Morgan fingerprint density at radius 1 is 1.04 bits per heavy atom. The third-order valence-electron chi connectivity index (χ3n) is 4.47. The number of amides is 1. The van der Waals surface area contributed by atoms with Crippen molar-refractivity contribution in [3.05, 3.63) is 18.2 Å². The Labute approximate surface area is 148 Å². The zero-order valence-corrected chi connectivity index (χ0v) is 15.3. The lowest BCUT2D eigenvalue weighted by atomic mass is 10.3. The first-order chi connectivity index (χ1) is 12.0. The highest BCUT2D eigenvalue weighted by molar-refractivity contribution is 7.89. The molecule has 2 heterocycles. The summed E-state index contributed by atoms with van der Waals surface area (Å²) < 4.78 is 38.6. The summed E-state index contributed by atoms with van der Waals surface area (Å²) in [5, 5.41) is 0. The van der Waals surface area contributed by atoms with Gasteiger partial charge in [-0.15, -0.1) is 0 Å². The molecule has 8 heteroatoms. The van der Waals surface area contributed by atoms with Crippen LogP contribution in [0.5, 0.6) is 11.5 Å². The van der Waals surface area contributed by atoms with Crippen LogP contribution in [0.25, 0.3) is 0 Å². The van der Waals surface area contributed by atoms with Crippen molar-refractivity contribution in [2.75, 3.05) is 39.4 Å². The van der Waals surface area contributed by atoms with E-state index in [1.54, 1.807) is 17.0 Å². The smallest absolute Gasteiger partial charge is 0.243 e. The van der Waals surface area contributed by atoms with Crippen LogP contribution in [0.15, 0.2) is 23.1 Å². The summed E-state index contributed by atoms with van der Waals surface area (Å²) in [7, 11) is -3.63. The van der Waals surface area contributed by atoms with E-state index in [1.165, 1.54) is 10.4 Å². The van der Waals surface area contributed by atoms with Crippen molar-refractivity contribution in [2.24, 2.45) is 0 Å². The lowest BCUT2D eigenvalue weighted by Crippen LogP contribution is -2.37. The number of hydrogen-bond donors (Lipinski definition) is 0. The maximum atomic E-state index is 13.0. The second-order valence-electron chi connectivity index (χ2n) is 6.15. The van der Waals surface area contributed by atoms with E-state index in [9.17, 15) is 13.2 Å². The minimum atomic E-state index is -3.63. The second kappa shape index (κ2) is 7.61. The highest BCUT2D eigenvalue weighted by atomic mass is 32.2. The van der Waals surface area contributed by atoms with Gasteiger partial charge in [-0.1, -0.05) is 6.92 Å². The number of rotatable bonds is 3. The van der Waals surface area contributed by atoms with Crippen LogP contribution in [-0.2, 0) is 14.8 Å². The number of sulfonamides is 1. The SMILES string of the molecule is CCC(=O)N1CCCN(S(=O)(=O)c2ccc3c(c2)OCCCO3)CC1. The minimum absolute atomic E-state index is 0.0647. The monoisotopic (exact) mass is 368 g/mol. The van der Waals surface area contributed by atoms with Crippen molar-refractivity contribution < 1.29 is 22.7 Å². The van der Waals surface area contributed by atoms with Gasteiger partial charge in [-0.25, -0.2) is 8.42 Å². The normalized spacial score (nSPS) is 19.2. The summed E-state index contributed by atoms with van der Waals surface area (Å²) in [5.74, 6) is 1.11. The van der Waals surface area contributed by atoms with Crippen LogP contribution < -0.4 is 9.47 Å². The molecule has 3 rings (SSSR count). The first-order valence-electron chi connectivity index (χ1n) is 8.70. The molecule has 1 aromatic rings. The van der Waals surface area contributed by atoms with Gasteiger partial charge in [-0.2, -0.15) is 4.31 Å². The predicted octanol–water partition coefficient (Wildman–Crippen LogP) is 1.48. The average Bonchev–Trinajstić information content (AvgIpc) is 3.01. The van der Waals surface area contributed by atoms with Gasteiger partial charge in [0.2, 0.25) is 15.9 Å². The molecule has 0 bridgehead atoms. The van der Waals surface area contributed by atoms with Crippen LogP contribution in [0.4, 0.5) is 0 Å². The van der Waals surface area contributed by atoms with Crippen LogP contribution in [-0.4, -0.2) is 62.9 Å². The average molecular weight is 368 g/mol. The van der Waals surface area contributed by atoms with Crippen molar-refractivity contribution in [3.8, 4) is 11.5 Å². The van der Waals surface area contributed by atoms with Crippen LogP contribution in [0.2, 0.25) is 0 Å². The Hall–Kier alpha value is -1.80. The number of carbonyl (C=O) groups is 1. The van der Waals surface area contributed by atoms with E-state index in [0.717, 1.165) is 6.42 Å². The fraction of sp³-hybridized carbons (Fsp3) is 0.588. The van der Waals surface area contributed by atoms with E-state index in [1.807, 2.05) is 6.92 Å². The van der Waals surface area contributed by atoms with Crippen LogP contribution in [0.1, 0.15) is 26.2 Å². The van der Waals surface area contributed by atoms with Crippen LogP contribution in [0.3, 0.4) is 0 Å². The predicted molar refractivity (Wildman–Crippen MR) is 92.3 cm³/mol. The summed E-state index contributed by atoms with van der Waals surface area (Å²) >= 11 is 0. The van der Waals surface area contributed by atoms with Gasteiger partial charge >= 0.3 is 0 Å². The van der Waals surface area contributed by atoms with Gasteiger partial charge in [-0.3, -0.25) is 4.79 Å². The van der Waals surface area contributed by atoms with E-state index >= 15 is 0 Å². The molecule has 138 valence electrons. The Morgan fingerprint density at radius 2 is 1.80 bits per heavy atom. The molecule has 0 aromatic heterocycles. The highest BCUT2D eigenvalue weighted by Crippen LogP contribution is 2.33. The number of carbonyl (C=O) groups excluding carboxylic acids is 1. The Kier molecular flexibility index (Phi) is 5.48. The van der Waals surface area contributed by atoms with Crippen molar-refractivity contribution in [2.45, 2.75) is 31.1 Å². The standard InChI is InChI=1S/C17H24N2O5S/c1-2-17(20)18-7-3-8-19(10-9-18)25(21,22)14-5-6-15-16(13-14)24-12-4-11-23-15/h5-6,13H,2-4,7-12H2,1H3. The molecule has 0 radical (unpaired) electrons. The van der Waals surface area contributed by atoms with E-state index in [0.29, 0.717) is 63.7 Å². The molecule has 0 atom stereocenters. The van der Waals surface area contributed by atoms with Crippen molar-refractivity contribution in [1.82, 2.24) is 9.21 Å². The Balaban J connectivity index is 1.79. The fourth-order valence-electron chi connectivity index (χ4n) is 3.06. The number of hydrogen-bond acceptors (Lipinski definition) is 5. The van der Waals surface area contributed by atoms with Crippen molar-refractivity contribution in [1.29, 1.82) is 0 Å². The molecule has 1 fully saturated rings. The summed E-state index contributed by atoms with van der Waals surface area (Å²) in [6, 6.07) is 4.75. The van der Waals surface area contributed by atoms with E-state index in [4.69, 9.17) is 9.47 Å². The van der Waals surface area contributed by atoms with Gasteiger partial charge in [0.25, 0.3) is 0 Å². The first kappa shape index (κ1) is 18.0. The van der Waals surface area contributed by atoms with E-state index in [-0.39, 0.29) is 10.8 Å². The molecule has 2 aliphatic heterocycles. The maximum Gasteiger partial charge on any atom is 0.243 e. The lowest BCUT2D eigenvalue weighted by Gasteiger charge is -2.22. The molecular formula is C17H24N2O5S. The largest absolute Gasteiger partial charge is 0.490 e. The Bertz CT molecular complexity index is 735. The first-order valence-corrected chi connectivity index (χ1v) is 10.1. The van der Waals surface area contributed by atoms with Crippen LogP contribution in [0, 0.1) is 0 Å². The molecule has 0 N–H and O–H groups in total. The summed E-state index contributed by atoms with van der Waals surface area (Å²) in [5.41, 5.74) is 0. The fourth-order valence-corrected chi connectivity index (χ4v) is 4.55. The zero-order valence-electron chi connectivity index (χ0n) is 14.4. The maximum absolute atomic E-state index is 13.0. The van der Waals surface area contributed by atoms with Gasteiger partial charge in [-0.05, 0) is 18.6 Å². The second-order valence-corrected chi connectivity index (χ2v) is 8.09. The summed E-state index contributed by atoms with van der Waals surface area (Å²) in [6.07, 6.45) is 1.84. The number of nitrogens with zero attached hydrogens (tertiary/aromatic N) is 2. The van der Waals surface area contributed by atoms with Crippen molar-refractivity contribution >= 4 is 15.9 Å². The van der Waals surface area contributed by atoms with E-state index in [2.05, 4.69) is 0 Å². The summed E-state index contributed by atoms with van der Waals surface area (Å²) in [4.78, 5) is 13.8. The molecule has 25 heavy (non-hydrogen) atoms. The topological polar surface area (TPSA) is 76.2 Å². The molecule has 0 unspecified atom stereocenters. The Morgan fingerprint density at radius 3 is 2.56 bits per heavy atom. The third-order valence-corrected chi connectivity index (χ3v) is 6.36. The highest BCUT2D eigenvalue weighted by Gasteiger charge is 2.29. The lowest BCUT2D eigenvalue weighted by molar-refractivity contribution is -0.130. The molecular weight excluding hydrogens is 344 g/mol. The molecule has 1 aromatic carbocycles. The van der Waals surface area contributed by atoms with Gasteiger partial charge in [0.05, 0.1) is 18.1 Å². The van der Waals surface area contributed by atoms with Gasteiger partial charge in [0, 0.05) is 45.1 Å². The molecule has 1 amide bonds.